The average Bonchev–Trinajstić information content (AvgIpc) is 2.61. The lowest BCUT2D eigenvalue weighted by molar-refractivity contribution is 0.190. The molecule has 1 aromatic heterocycles. The van der Waals surface area contributed by atoms with Crippen molar-refractivity contribution >= 4 is 6.03 Å². The van der Waals surface area contributed by atoms with E-state index in [1.807, 2.05) is 24.1 Å². The first-order valence-electron chi connectivity index (χ1n) is 8.86. The van der Waals surface area contributed by atoms with Gasteiger partial charge in [-0.1, -0.05) is 32.1 Å². The molecule has 1 fully saturated rings. The Labute approximate surface area is 139 Å². The van der Waals surface area contributed by atoms with Gasteiger partial charge in [-0.05, 0) is 37.1 Å². The highest BCUT2D eigenvalue weighted by Gasteiger charge is 2.17. The van der Waals surface area contributed by atoms with Crippen LogP contribution in [-0.4, -0.2) is 42.6 Å². The molecule has 5 nitrogen and oxygen atoms in total. The van der Waals surface area contributed by atoms with Gasteiger partial charge in [0.05, 0.1) is 0 Å². The summed E-state index contributed by atoms with van der Waals surface area (Å²) in [4.78, 5) is 18.4. The number of nitrogens with zero attached hydrogens (tertiary/aromatic N) is 2. The van der Waals surface area contributed by atoms with Gasteiger partial charge >= 0.3 is 6.03 Å². The molecule has 2 amide bonds. The number of carbonyl (C=O) groups excluding carboxylic acids is 1. The predicted octanol–water partition coefficient (Wildman–Crippen LogP) is 2.78. The van der Waals surface area contributed by atoms with E-state index in [-0.39, 0.29) is 6.03 Å². The molecular weight excluding hydrogens is 288 g/mol. The van der Waals surface area contributed by atoms with Gasteiger partial charge < -0.3 is 15.5 Å². The number of hydrogen-bond acceptors (Lipinski definition) is 3. The lowest BCUT2D eigenvalue weighted by atomic mass is 9.87. The summed E-state index contributed by atoms with van der Waals surface area (Å²) in [7, 11) is 1.92. The lowest BCUT2D eigenvalue weighted by Crippen LogP contribution is -2.43. The van der Waals surface area contributed by atoms with E-state index in [1.165, 1.54) is 32.1 Å². The van der Waals surface area contributed by atoms with E-state index >= 15 is 0 Å². The minimum atomic E-state index is 0.0351. The van der Waals surface area contributed by atoms with Crippen molar-refractivity contribution in [3.8, 4) is 0 Å². The molecule has 0 aliphatic heterocycles. The van der Waals surface area contributed by atoms with Gasteiger partial charge in [0.1, 0.15) is 0 Å². The van der Waals surface area contributed by atoms with Crippen LogP contribution in [0.15, 0.2) is 24.5 Å². The van der Waals surface area contributed by atoms with Gasteiger partial charge in [-0.2, -0.15) is 0 Å². The van der Waals surface area contributed by atoms with Gasteiger partial charge in [0.25, 0.3) is 0 Å². The van der Waals surface area contributed by atoms with Gasteiger partial charge in [0.2, 0.25) is 0 Å². The molecule has 0 spiro atoms. The fourth-order valence-electron chi connectivity index (χ4n) is 3.17. The maximum absolute atomic E-state index is 12.5. The highest BCUT2D eigenvalue weighted by atomic mass is 16.2. The van der Waals surface area contributed by atoms with Crippen LogP contribution in [0.1, 0.15) is 44.1 Å². The Morgan fingerprint density at radius 3 is 2.65 bits per heavy atom. The van der Waals surface area contributed by atoms with Crippen LogP contribution in [0.25, 0.3) is 0 Å². The van der Waals surface area contributed by atoms with Crippen LogP contribution in [0.3, 0.4) is 0 Å². The number of urea groups is 1. The van der Waals surface area contributed by atoms with Gasteiger partial charge in [0, 0.05) is 38.6 Å². The number of hydrogen-bond donors (Lipinski definition) is 2. The van der Waals surface area contributed by atoms with Gasteiger partial charge in [-0.25, -0.2) is 4.79 Å². The smallest absolute Gasteiger partial charge is 0.317 e. The van der Waals surface area contributed by atoms with Crippen LogP contribution in [0.2, 0.25) is 0 Å². The fraction of sp³-hybridized carbons (Fsp3) is 0.667. The minimum Gasteiger partial charge on any atom is -0.334 e. The quantitative estimate of drug-likeness (QED) is 0.775. The molecule has 1 aromatic rings. The van der Waals surface area contributed by atoms with Gasteiger partial charge in [-0.15, -0.1) is 0 Å². The first-order valence-corrected chi connectivity index (χ1v) is 8.86. The Balaban J connectivity index is 1.79. The number of rotatable bonds is 8. The molecule has 1 aliphatic rings. The van der Waals surface area contributed by atoms with Crippen LogP contribution >= 0.6 is 0 Å². The van der Waals surface area contributed by atoms with Gasteiger partial charge in [-0.3, -0.25) is 4.98 Å². The summed E-state index contributed by atoms with van der Waals surface area (Å²) in [5, 5.41) is 6.16. The molecule has 2 rings (SSSR count). The molecule has 1 aliphatic carbocycles. The SMILES string of the molecule is CNCCN(CCC1CCCCC1)C(=O)NCc1ccncc1. The number of aromatic nitrogens is 1. The summed E-state index contributed by atoms with van der Waals surface area (Å²) in [6.45, 7) is 2.99. The Morgan fingerprint density at radius 2 is 1.96 bits per heavy atom. The largest absolute Gasteiger partial charge is 0.334 e. The Kier molecular flexibility index (Phi) is 7.87. The summed E-state index contributed by atoms with van der Waals surface area (Å²) in [5.41, 5.74) is 1.08. The maximum atomic E-state index is 12.5. The molecule has 1 saturated carbocycles. The Bertz CT molecular complexity index is 446. The van der Waals surface area contributed by atoms with Crippen molar-refractivity contribution in [2.45, 2.75) is 45.1 Å². The number of nitrogens with one attached hydrogen (secondary N) is 2. The summed E-state index contributed by atoms with van der Waals surface area (Å²) in [6.07, 6.45) is 11.4. The average molecular weight is 318 g/mol. The van der Waals surface area contributed by atoms with Crippen molar-refractivity contribution < 1.29 is 4.79 Å². The zero-order valence-corrected chi connectivity index (χ0v) is 14.3. The molecule has 0 saturated heterocycles. The topological polar surface area (TPSA) is 57.3 Å². The van der Waals surface area contributed by atoms with Crippen molar-refractivity contribution in [1.82, 2.24) is 20.5 Å². The summed E-state index contributed by atoms with van der Waals surface area (Å²) < 4.78 is 0. The maximum Gasteiger partial charge on any atom is 0.317 e. The lowest BCUT2D eigenvalue weighted by Gasteiger charge is -2.27. The fourth-order valence-corrected chi connectivity index (χ4v) is 3.17. The molecule has 0 bridgehead atoms. The number of pyridine rings is 1. The Hall–Kier alpha value is -1.62. The van der Waals surface area contributed by atoms with E-state index in [9.17, 15) is 4.79 Å². The normalized spacial score (nSPS) is 15.3. The van der Waals surface area contributed by atoms with Gasteiger partial charge in [0.15, 0.2) is 0 Å². The number of amides is 2. The van der Waals surface area contributed by atoms with Crippen LogP contribution in [0.5, 0.6) is 0 Å². The molecule has 23 heavy (non-hydrogen) atoms. The predicted molar refractivity (Wildman–Crippen MR) is 93.2 cm³/mol. The van der Waals surface area contributed by atoms with E-state index in [2.05, 4.69) is 15.6 Å². The number of carbonyl (C=O) groups is 1. The second-order valence-corrected chi connectivity index (χ2v) is 6.40. The minimum absolute atomic E-state index is 0.0351. The van der Waals surface area contributed by atoms with Crippen molar-refractivity contribution in [3.63, 3.8) is 0 Å². The molecule has 0 unspecified atom stereocenters. The highest BCUT2D eigenvalue weighted by molar-refractivity contribution is 5.74. The second kappa shape index (κ2) is 10.2. The third kappa shape index (κ3) is 6.57. The molecule has 0 radical (unpaired) electrons. The molecule has 1 heterocycles. The van der Waals surface area contributed by atoms with E-state index < -0.39 is 0 Å². The summed E-state index contributed by atoms with van der Waals surface area (Å²) in [5.74, 6) is 0.800. The molecule has 5 heteroatoms. The molecule has 0 aromatic carbocycles. The van der Waals surface area contributed by atoms with E-state index in [0.29, 0.717) is 6.54 Å². The van der Waals surface area contributed by atoms with E-state index in [1.54, 1.807) is 12.4 Å². The van der Waals surface area contributed by atoms with Crippen molar-refractivity contribution in [3.05, 3.63) is 30.1 Å². The van der Waals surface area contributed by atoms with Crippen molar-refractivity contribution in [1.29, 1.82) is 0 Å². The first kappa shape index (κ1) is 17.7. The zero-order valence-electron chi connectivity index (χ0n) is 14.3. The highest BCUT2D eigenvalue weighted by Crippen LogP contribution is 2.26. The standard InChI is InChI=1S/C18H30N4O/c1-19-12-14-22(13-9-16-5-3-2-4-6-16)18(23)21-15-17-7-10-20-11-8-17/h7-8,10-11,16,19H,2-6,9,12-15H2,1H3,(H,21,23). The van der Waals surface area contributed by atoms with Crippen LogP contribution < -0.4 is 10.6 Å². The molecule has 0 atom stereocenters. The number of likely N-dealkylation sites (N-methyl/N-ethyl adjacent to an activating group) is 1. The van der Waals surface area contributed by atoms with Crippen molar-refractivity contribution in [2.24, 2.45) is 5.92 Å². The van der Waals surface area contributed by atoms with E-state index in [4.69, 9.17) is 0 Å². The van der Waals surface area contributed by atoms with Crippen molar-refractivity contribution in [2.75, 3.05) is 26.7 Å². The Morgan fingerprint density at radius 1 is 1.22 bits per heavy atom. The third-order valence-electron chi connectivity index (χ3n) is 4.64. The molecule has 128 valence electrons. The van der Waals surface area contributed by atoms with Crippen LogP contribution in [-0.2, 0) is 6.54 Å². The first-order chi connectivity index (χ1) is 11.3. The molecule has 2 N–H and O–H groups in total. The van der Waals surface area contributed by atoms with E-state index in [0.717, 1.165) is 37.5 Å². The van der Waals surface area contributed by atoms with Crippen LogP contribution in [0, 0.1) is 5.92 Å². The monoisotopic (exact) mass is 318 g/mol. The summed E-state index contributed by atoms with van der Waals surface area (Å²) >= 11 is 0. The molecular formula is C18H30N4O. The second-order valence-electron chi connectivity index (χ2n) is 6.40. The summed E-state index contributed by atoms with van der Waals surface area (Å²) in [6, 6.07) is 3.90. The zero-order chi connectivity index (χ0) is 16.3. The third-order valence-corrected chi connectivity index (χ3v) is 4.64. The van der Waals surface area contributed by atoms with Crippen LogP contribution in [0.4, 0.5) is 4.79 Å².